The van der Waals surface area contributed by atoms with Gasteiger partial charge in [0, 0.05) is 25.7 Å². The number of amides is 1. The topological polar surface area (TPSA) is 56.7 Å². The first-order chi connectivity index (χ1) is 10.0. The van der Waals surface area contributed by atoms with Gasteiger partial charge in [0.25, 0.3) is 0 Å². The SMILES string of the molecule is C=CCNC(=NCc1ccc(Cl)cc1)NCC(=O)N(C)C.I. The molecule has 0 spiro atoms. The summed E-state index contributed by atoms with van der Waals surface area (Å²) < 4.78 is 0. The molecule has 0 aliphatic rings. The van der Waals surface area contributed by atoms with Gasteiger partial charge in [-0.2, -0.15) is 0 Å². The third kappa shape index (κ3) is 8.23. The summed E-state index contributed by atoms with van der Waals surface area (Å²) >= 11 is 5.84. The number of aliphatic imine (C=N–C) groups is 1. The largest absolute Gasteiger partial charge is 0.353 e. The number of nitrogens with zero attached hydrogens (tertiary/aromatic N) is 2. The third-order valence-electron chi connectivity index (χ3n) is 2.65. The third-order valence-corrected chi connectivity index (χ3v) is 2.90. The van der Waals surface area contributed by atoms with Gasteiger partial charge < -0.3 is 15.5 Å². The Kier molecular flexibility index (Phi) is 10.7. The van der Waals surface area contributed by atoms with E-state index in [0.717, 1.165) is 5.56 Å². The van der Waals surface area contributed by atoms with Crippen LogP contribution in [0.4, 0.5) is 0 Å². The number of hydrogen-bond acceptors (Lipinski definition) is 2. The molecular weight excluding hydrogens is 415 g/mol. The zero-order chi connectivity index (χ0) is 15.7. The van der Waals surface area contributed by atoms with Crippen LogP contribution < -0.4 is 10.6 Å². The second-order valence-corrected chi connectivity index (χ2v) is 5.04. The van der Waals surface area contributed by atoms with Crippen LogP contribution in [0.5, 0.6) is 0 Å². The van der Waals surface area contributed by atoms with Gasteiger partial charge in [0.2, 0.25) is 5.91 Å². The molecule has 0 fully saturated rings. The van der Waals surface area contributed by atoms with Gasteiger partial charge in [0.05, 0.1) is 13.1 Å². The average Bonchev–Trinajstić information content (AvgIpc) is 2.47. The molecule has 0 saturated heterocycles. The van der Waals surface area contributed by atoms with E-state index in [4.69, 9.17) is 11.6 Å². The molecule has 0 aromatic heterocycles. The van der Waals surface area contributed by atoms with Crippen molar-refractivity contribution in [1.29, 1.82) is 0 Å². The summed E-state index contributed by atoms with van der Waals surface area (Å²) in [4.78, 5) is 17.5. The number of hydrogen-bond donors (Lipinski definition) is 2. The van der Waals surface area contributed by atoms with E-state index < -0.39 is 0 Å². The van der Waals surface area contributed by atoms with Crippen LogP contribution in [0.25, 0.3) is 0 Å². The number of guanidine groups is 1. The van der Waals surface area contributed by atoms with Crippen LogP contribution in [0.3, 0.4) is 0 Å². The highest BCUT2D eigenvalue weighted by atomic mass is 127. The summed E-state index contributed by atoms with van der Waals surface area (Å²) in [5.74, 6) is 0.551. The minimum absolute atomic E-state index is 0. The van der Waals surface area contributed by atoms with Crippen LogP contribution in [0.1, 0.15) is 5.56 Å². The maximum Gasteiger partial charge on any atom is 0.241 e. The first-order valence-electron chi connectivity index (χ1n) is 6.60. The molecule has 5 nitrogen and oxygen atoms in total. The smallest absolute Gasteiger partial charge is 0.241 e. The lowest BCUT2D eigenvalue weighted by atomic mass is 10.2. The number of carbonyl (C=O) groups is 1. The van der Waals surface area contributed by atoms with Gasteiger partial charge in [0.15, 0.2) is 5.96 Å². The Morgan fingerprint density at radius 2 is 1.95 bits per heavy atom. The molecule has 0 heterocycles. The van der Waals surface area contributed by atoms with Gasteiger partial charge >= 0.3 is 0 Å². The van der Waals surface area contributed by atoms with E-state index in [1.54, 1.807) is 20.2 Å². The summed E-state index contributed by atoms with van der Waals surface area (Å²) in [7, 11) is 3.43. The number of nitrogens with one attached hydrogen (secondary N) is 2. The van der Waals surface area contributed by atoms with E-state index in [1.165, 1.54) is 4.90 Å². The fourth-order valence-corrected chi connectivity index (χ4v) is 1.55. The van der Waals surface area contributed by atoms with Gasteiger partial charge in [-0.3, -0.25) is 4.79 Å². The van der Waals surface area contributed by atoms with Crippen molar-refractivity contribution in [2.24, 2.45) is 4.99 Å². The van der Waals surface area contributed by atoms with Crippen LogP contribution in [-0.2, 0) is 11.3 Å². The summed E-state index contributed by atoms with van der Waals surface area (Å²) in [6.45, 7) is 4.91. The fraction of sp³-hybridized carbons (Fsp3) is 0.333. The zero-order valence-electron chi connectivity index (χ0n) is 12.8. The molecule has 1 rings (SSSR count). The predicted octanol–water partition coefficient (Wildman–Crippen LogP) is 2.27. The molecule has 0 unspecified atom stereocenters. The standard InChI is InChI=1S/C15H21ClN4O.HI/c1-4-9-17-15(19-11-14(21)20(2)3)18-10-12-5-7-13(16)8-6-12;/h4-8H,1,9-11H2,2-3H3,(H2,17,18,19);1H. The summed E-state index contributed by atoms with van der Waals surface area (Å²) in [5, 5.41) is 6.76. The van der Waals surface area contributed by atoms with Crippen molar-refractivity contribution >= 4 is 47.4 Å². The van der Waals surface area contributed by atoms with Gasteiger partial charge in [-0.15, -0.1) is 30.6 Å². The lowest BCUT2D eigenvalue weighted by molar-refractivity contribution is -0.127. The molecule has 122 valence electrons. The van der Waals surface area contributed by atoms with Crippen LogP contribution in [0.2, 0.25) is 5.02 Å². The van der Waals surface area contributed by atoms with Crippen molar-refractivity contribution in [1.82, 2.24) is 15.5 Å². The van der Waals surface area contributed by atoms with Crippen molar-refractivity contribution in [3.63, 3.8) is 0 Å². The Hall–Kier alpha value is -1.28. The molecule has 0 saturated carbocycles. The Morgan fingerprint density at radius 1 is 1.32 bits per heavy atom. The minimum Gasteiger partial charge on any atom is -0.353 e. The lowest BCUT2D eigenvalue weighted by Crippen LogP contribution is -2.43. The number of carbonyl (C=O) groups excluding carboxylic acids is 1. The van der Waals surface area contributed by atoms with E-state index >= 15 is 0 Å². The van der Waals surface area contributed by atoms with Gasteiger partial charge in [-0.05, 0) is 17.7 Å². The van der Waals surface area contributed by atoms with Crippen LogP contribution in [-0.4, -0.2) is 44.0 Å². The minimum atomic E-state index is -0.0189. The van der Waals surface area contributed by atoms with Gasteiger partial charge in [-0.25, -0.2) is 4.99 Å². The molecule has 0 bridgehead atoms. The van der Waals surface area contributed by atoms with Crippen LogP contribution in [0, 0.1) is 0 Å². The van der Waals surface area contributed by atoms with Gasteiger partial charge in [0.1, 0.15) is 0 Å². The van der Waals surface area contributed by atoms with E-state index in [0.29, 0.717) is 24.1 Å². The highest BCUT2D eigenvalue weighted by Gasteiger charge is 2.05. The number of halogens is 2. The van der Waals surface area contributed by atoms with E-state index in [1.807, 2.05) is 24.3 Å². The number of rotatable bonds is 6. The van der Waals surface area contributed by atoms with Crippen LogP contribution >= 0.6 is 35.6 Å². The van der Waals surface area contributed by atoms with Crippen molar-refractivity contribution in [3.05, 3.63) is 47.5 Å². The van der Waals surface area contributed by atoms with E-state index in [2.05, 4.69) is 22.2 Å². The predicted molar refractivity (Wildman–Crippen MR) is 103 cm³/mol. The zero-order valence-corrected chi connectivity index (χ0v) is 15.9. The molecule has 22 heavy (non-hydrogen) atoms. The van der Waals surface area contributed by atoms with Crippen molar-refractivity contribution in [3.8, 4) is 0 Å². The van der Waals surface area contributed by atoms with E-state index in [-0.39, 0.29) is 36.4 Å². The first kappa shape index (κ1) is 20.7. The molecule has 1 aromatic rings. The maximum atomic E-state index is 11.6. The highest BCUT2D eigenvalue weighted by molar-refractivity contribution is 14.0. The summed E-state index contributed by atoms with van der Waals surface area (Å²) in [6.07, 6.45) is 1.73. The summed E-state index contributed by atoms with van der Waals surface area (Å²) in [6, 6.07) is 7.49. The first-order valence-corrected chi connectivity index (χ1v) is 6.98. The summed E-state index contributed by atoms with van der Waals surface area (Å²) in [5.41, 5.74) is 1.04. The maximum absolute atomic E-state index is 11.6. The second-order valence-electron chi connectivity index (χ2n) is 4.60. The molecule has 0 aliphatic carbocycles. The molecule has 1 aromatic carbocycles. The normalized spacial score (nSPS) is 10.4. The van der Waals surface area contributed by atoms with Gasteiger partial charge in [-0.1, -0.05) is 29.8 Å². The van der Waals surface area contributed by atoms with Crippen molar-refractivity contribution in [2.75, 3.05) is 27.2 Å². The number of likely N-dealkylation sites (N-methyl/N-ethyl adjacent to an activating group) is 1. The molecule has 0 radical (unpaired) electrons. The quantitative estimate of drug-likeness (QED) is 0.311. The van der Waals surface area contributed by atoms with Crippen molar-refractivity contribution < 1.29 is 4.79 Å². The molecule has 2 N–H and O–H groups in total. The Bertz CT molecular complexity index is 503. The molecule has 0 aliphatic heterocycles. The monoisotopic (exact) mass is 436 g/mol. The lowest BCUT2D eigenvalue weighted by Gasteiger charge is -2.14. The second kappa shape index (κ2) is 11.3. The molecule has 1 amide bonds. The Balaban J connectivity index is 0.00000441. The Labute approximate surface area is 153 Å². The highest BCUT2D eigenvalue weighted by Crippen LogP contribution is 2.09. The number of benzene rings is 1. The molecular formula is C15H22ClIN4O. The molecule has 7 heteroatoms. The average molecular weight is 437 g/mol. The van der Waals surface area contributed by atoms with Crippen LogP contribution in [0.15, 0.2) is 41.9 Å². The fourth-order valence-electron chi connectivity index (χ4n) is 1.42. The molecule has 0 atom stereocenters. The van der Waals surface area contributed by atoms with E-state index in [9.17, 15) is 4.79 Å². The van der Waals surface area contributed by atoms with Crippen molar-refractivity contribution in [2.45, 2.75) is 6.54 Å². The Morgan fingerprint density at radius 3 is 2.50 bits per heavy atom.